The highest BCUT2D eigenvalue weighted by molar-refractivity contribution is 5.77. The number of hydrogen-bond acceptors (Lipinski definition) is 4. The van der Waals surface area contributed by atoms with Gasteiger partial charge in [-0.25, -0.2) is 0 Å². The highest BCUT2D eigenvalue weighted by Gasteiger charge is 2.07. The third-order valence-corrected chi connectivity index (χ3v) is 2.78. The fourth-order valence-corrected chi connectivity index (χ4v) is 1.60. The molecular formula is C14H16N2O3. The smallest absolute Gasteiger partial charge is 0.258 e. The van der Waals surface area contributed by atoms with Crippen molar-refractivity contribution < 1.29 is 14.1 Å². The molecule has 100 valence electrons. The second-order valence-corrected chi connectivity index (χ2v) is 4.24. The molecular weight excluding hydrogens is 244 g/mol. The first-order chi connectivity index (χ1) is 9.16. The van der Waals surface area contributed by atoms with Crippen LogP contribution < -0.4 is 10.1 Å². The minimum atomic E-state index is -0.177. The standard InChI is InChI=1S/C14H16N2O3/c1-10-5-3-4-6-13(10)18-9-14(17)15-7-12-8-16-19-11(12)2/h3-6,8H,7,9H2,1-2H3,(H,15,17). The molecule has 1 amide bonds. The summed E-state index contributed by atoms with van der Waals surface area (Å²) in [5, 5.41) is 6.40. The van der Waals surface area contributed by atoms with Gasteiger partial charge in [0, 0.05) is 12.1 Å². The molecule has 5 nitrogen and oxygen atoms in total. The molecule has 0 saturated heterocycles. The Bertz CT molecular complexity index is 563. The van der Waals surface area contributed by atoms with Crippen LogP contribution in [0.5, 0.6) is 5.75 Å². The number of carbonyl (C=O) groups excluding carboxylic acids is 1. The first kappa shape index (κ1) is 13.1. The van der Waals surface area contributed by atoms with Crippen molar-refractivity contribution in [3.05, 3.63) is 47.3 Å². The van der Waals surface area contributed by atoms with Crippen LogP contribution in [-0.4, -0.2) is 17.7 Å². The summed E-state index contributed by atoms with van der Waals surface area (Å²) < 4.78 is 10.4. The van der Waals surface area contributed by atoms with Gasteiger partial charge >= 0.3 is 0 Å². The third-order valence-electron chi connectivity index (χ3n) is 2.78. The predicted molar refractivity (Wildman–Crippen MR) is 69.8 cm³/mol. The monoisotopic (exact) mass is 260 g/mol. The van der Waals surface area contributed by atoms with Crippen LogP contribution in [0.25, 0.3) is 0 Å². The molecule has 1 heterocycles. The maximum atomic E-state index is 11.6. The number of aryl methyl sites for hydroxylation is 2. The largest absolute Gasteiger partial charge is 0.484 e. The van der Waals surface area contributed by atoms with E-state index >= 15 is 0 Å². The summed E-state index contributed by atoms with van der Waals surface area (Å²) in [5.41, 5.74) is 1.87. The molecule has 0 bridgehead atoms. The molecule has 0 aliphatic carbocycles. The van der Waals surface area contributed by atoms with Crippen molar-refractivity contribution in [3.63, 3.8) is 0 Å². The lowest BCUT2D eigenvalue weighted by Gasteiger charge is -2.08. The Labute approximate surface area is 111 Å². The zero-order chi connectivity index (χ0) is 13.7. The van der Waals surface area contributed by atoms with E-state index in [0.29, 0.717) is 12.3 Å². The summed E-state index contributed by atoms with van der Waals surface area (Å²) in [4.78, 5) is 11.6. The second kappa shape index (κ2) is 6.04. The number of ether oxygens (including phenoxy) is 1. The minimum Gasteiger partial charge on any atom is -0.484 e. The van der Waals surface area contributed by atoms with E-state index in [1.54, 1.807) is 13.1 Å². The summed E-state index contributed by atoms with van der Waals surface area (Å²) in [6.45, 7) is 4.13. The Morgan fingerprint density at radius 2 is 2.16 bits per heavy atom. The van der Waals surface area contributed by atoms with Gasteiger partial charge in [-0.05, 0) is 25.5 Å². The van der Waals surface area contributed by atoms with Gasteiger partial charge in [-0.2, -0.15) is 0 Å². The molecule has 0 saturated carbocycles. The van der Waals surface area contributed by atoms with Crippen molar-refractivity contribution in [1.82, 2.24) is 10.5 Å². The Morgan fingerprint density at radius 1 is 1.37 bits per heavy atom. The van der Waals surface area contributed by atoms with Gasteiger partial charge in [0.1, 0.15) is 11.5 Å². The highest BCUT2D eigenvalue weighted by Crippen LogP contribution is 2.15. The second-order valence-electron chi connectivity index (χ2n) is 4.24. The zero-order valence-electron chi connectivity index (χ0n) is 11.0. The Hall–Kier alpha value is -2.30. The molecule has 0 aliphatic rings. The topological polar surface area (TPSA) is 64.4 Å². The summed E-state index contributed by atoms with van der Waals surface area (Å²) >= 11 is 0. The number of rotatable bonds is 5. The van der Waals surface area contributed by atoms with Gasteiger partial charge in [0.2, 0.25) is 0 Å². The van der Waals surface area contributed by atoms with Crippen LogP contribution in [0.2, 0.25) is 0 Å². The molecule has 2 rings (SSSR count). The van der Waals surface area contributed by atoms with E-state index in [-0.39, 0.29) is 12.5 Å². The highest BCUT2D eigenvalue weighted by atomic mass is 16.5. The molecule has 0 unspecified atom stereocenters. The molecule has 2 aromatic rings. The van der Waals surface area contributed by atoms with E-state index in [2.05, 4.69) is 10.5 Å². The Kier molecular flexibility index (Phi) is 4.18. The van der Waals surface area contributed by atoms with Crippen LogP contribution in [0.3, 0.4) is 0 Å². The van der Waals surface area contributed by atoms with Crippen LogP contribution in [0, 0.1) is 13.8 Å². The number of aromatic nitrogens is 1. The van der Waals surface area contributed by atoms with Crippen molar-refractivity contribution in [2.45, 2.75) is 20.4 Å². The first-order valence-corrected chi connectivity index (χ1v) is 6.02. The molecule has 0 aliphatic heterocycles. The van der Waals surface area contributed by atoms with Crippen molar-refractivity contribution in [1.29, 1.82) is 0 Å². The summed E-state index contributed by atoms with van der Waals surface area (Å²) in [5.74, 6) is 1.25. The average Bonchev–Trinajstić information content (AvgIpc) is 2.81. The zero-order valence-corrected chi connectivity index (χ0v) is 11.0. The fraction of sp³-hybridized carbons (Fsp3) is 0.286. The maximum absolute atomic E-state index is 11.6. The normalized spacial score (nSPS) is 10.2. The predicted octanol–water partition coefficient (Wildman–Crippen LogP) is 1.99. The Morgan fingerprint density at radius 3 is 2.84 bits per heavy atom. The number of benzene rings is 1. The molecule has 5 heteroatoms. The van der Waals surface area contributed by atoms with Gasteiger partial charge < -0.3 is 14.6 Å². The molecule has 0 atom stereocenters. The van der Waals surface area contributed by atoms with Gasteiger partial charge in [-0.3, -0.25) is 4.79 Å². The van der Waals surface area contributed by atoms with Gasteiger partial charge in [-0.1, -0.05) is 23.4 Å². The number of nitrogens with one attached hydrogen (secondary N) is 1. The quantitative estimate of drug-likeness (QED) is 0.892. The lowest BCUT2D eigenvalue weighted by atomic mass is 10.2. The van der Waals surface area contributed by atoms with Crippen LogP contribution in [0.15, 0.2) is 35.0 Å². The first-order valence-electron chi connectivity index (χ1n) is 6.02. The molecule has 1 aromatic carbocycles. The maximum Gasteiger partial charge on any atom is 0.258 e. The SMILES string of the molecule is Cc1ccccc1OCC(=O)NCc1cnoc1C. The molecule has 0 fully saturated rings. The van der Waals surface area contributed by atoms with Crippen LogP contribution in [-0.2, 0) is 11.3 Å². The van der Waals surface area contributed by atoms with Crippen LogP contribution >= 0.6 is 0 Å². The van der Waals surface area contributed by atoms with Crippen LogP contribution in [0.1, 0.15) is 16.9 Å². The lowest BCUT2D eigenvalue weighted by Crippen LogP contribution is -2.28. The average molecular weight is 260 g/mol. The van der Waals surface area contributed by atoms with Crippen LogP contribution in [0.4, 0.5) is 0 Å². The molecule has 1 aromatic heterocycles. The van der Waals surface area contributed by atoms with Gasteiger partial charge in [0.15, 0.2) is 6.61 Å². The number of amides is 1. The summed E-state index contributed by atoms with van der Waals surface area (Å²) in [7, 11) is 0. The summed E-state index contributed by atoms with van der Waals surface area (Å²) in [6.07, 6.45) is 1.60. The number of nitrogens with zero attached hydrogens (tertiary/aromatic N) is 1. The molecule has 0 radical (unpaired) electrons. The van der Waals surface area contributed by atoms with Crippen molar-refractivity contribution in [2.24, 2.45) is 0 Å². The molecule has 0 spiro atoms. The molecule has 1 N–H and O–H groups in total. The third kappa shape index (κ3) is 3.58. The minimum absolute atomic E-state index is 0.00478. The van der Waals surface area contributed by atoms with Crippen molar-refractivity contribution >= 4 is 5.91 Å². The van der Waals surface area contributed by atoms with E-state index in [0.717, 1.165) is 16.9 Å². The van der Waals surface area contributed by atoms with E-state index in [9.17, 15) is 4.79 Å². The number of carbonyl (C=O) groups is 1. The fourth-order valence-electron chi connectivity index (χ4n) is 1.60. The number of hydrogen-bond donors (Lipinski definition) is 1. The van der Waals surface area contributed by atoms with Gasteiger partial charge in [0.25, 0.3) is 5.91 Å². The van der Waals surface area contributed by atoms with E-state index in [1.807, 2.05) is 31.2 Å². The van der Waals surface area contributed by atoms with E-state index in [1.165, 1.54) is 0 Å². The van der Waals surface area contributed by atoms with Crippen molar-refractivity contribution in [2.75, 3.05) is 6.61 Å². The van der Waals surface area contributed by atoms with Gasteiger partial charge in [-0.15, -0.1) is 0 Å². The molecule has 19 heavy (non-hydrogen) atoms. The van der Waals surface area contributed by atoms with E-state index < -0.39 is 0 Å². The lowest BCUT2D eigenvalue weighted by molar-refractivity contribution is -0.123. The Balaban J connectivity index is 1.79. The van der Waals surface area contributed by atoms with Gasteiger partial charge in [0.05, 0.1) is 6.20 Å². The van der Waals surface area contributed by atoms with Crippen molar-refractivity contribution in [3.8, 4) is 5.75 Å². The number of para-hydroxylation sites is 1. The summed E-state index contributed by atoms with van der Waals surface area (Å²) in [6, 6.07) is 7.58. The van der Waals surface area contributed by atoms with E-state index in [4.69, 9.17) is 9.26 Å².